The lowest BCUT2D eigenvalue weighted by Crippen LogP contribution is -2.18. The minimum atomic E-state index is -0.0450. The zero-order valence-corrected chi connectivity index (χ0v) is 15.0. The summed E-state index contributed by atoms with van der Waals surface area (Å²) >= 11 is 3.43. The Morgan fingerprint density at radius 1 is 1.04 bits per heavy atom. The van der Waals surface area contributed by atoms with Crippen molar-refractivity contribution < 1.29 is 4.79 Å². The molecule has 1 heterocycles. The highest BCUT2D eigenvalue weighted by atomic mass is 79.9. The second-order valence-corrected chi connectivity index (χ2v) is 6.63. The van der Waals surface area contributed by atoms with Crippen LogP contribution in [0.4, 0.5) is 5.82 Å². The SMILES string of the molecule is Cc1ccc(CC(=O)Nc2ccnn2Cc2ccc(Br)cc2)cc1. The van der Waals surface area contributed by atoms with Crippen LogP contribution in [0.2, 0.25) is 0 Å². The highest BCUT2D eigenvalue weighted by molar-refractivity contribution is 9.10. The maximum absolute atomic E-state index is 12.3. The molecular weight excluding hydrogens is 366 g/mol. The van der Waals surface area contributed by atoms with E-state index in [4.69, 9.17) is 0 Å². The fourth-order valence-electron chi connectivity index (χ4n) is 2.41. The van der Waals surface area contributed by atoms with Crippen LogP contribution in [-0.2, 0) is 17.8 Å². The molecule has 0 aliphatic carbocycles. The fraction of sp³-hybridized carbons (Fsp3) is 0.158. The predicted octanol–water partition coefficient (Wildman–Crippen LogP) is 4.18. The van der Waals surface area contributed by atoms with Gasteiger partial charge >= 0.3 is 0 Å². The Labute approximate surface area is 149 Å². The lowest BCUT2D eigenvalue weighted by atomic mass is 10.1. The number of benzene rings is 2. The van der Waals surface area contributed by atoms with Gasteiger partial charge in [0.15, 0.2) is 0 Å². The Morgan fingerprint density at radius 3 is 2.42 bits per heavy atom. The maximum Gasteiger partial charge on any atom is 0.229 e. The van der Waals surface area contributed by atoms with Gasteiger partial charge in [0.1, 0.15) is 5.82 Å². The predicted molar refractivity (Wildman–Crippen MR) is 99.0 cm³/mol. The van der Waals surface area contributed by atoms with Crippen LogP contribution in [0.5, 0.6) is 0 Å². The summed E-state index contributed by atoms with van der Waals surface area (Å²) in [6.45, 7) is 2.64. The van der Waals surface area contributed by atoms with E-state index in [1.807, 2.05) is 61.5 Å². The van der Waals surface area contributed by atoms with E-state index < -0.39 is 0 Å². The number of carbonyl (C=O) groups excluding carboxylic acids is 1. The average molecular weight is 384 g/mol. The molecule has 4 nitrogen and oxygen atoms in total. The molecular formula is C19H18BrN3O. The van der Waals surface area contributed by atoms with Crippen molar-refractivity contribution in [3.63, 3.8) is 0 Å². The van der Waals surface area contributed by atoms with Crippen LogP contribution in [0, 0.1) is 6.92 Å². The lowest BCUT2D eigenvalue weighted by molar-refractivity contribution is -0.115. The molecule has 0 saturated heterocycles. The van der Waals surface area contributed by atoms with Crippen molar-refractivity contribution in [2.75, 3.05) is 5.32 Å². The summed E-state index contributed by atoms with van der Waals surface area (Å²) < 4.78 is 2.83. The van der Waals surface area contributed by atoms with E-state index in [1.165, 1.54) is 5.56 Å². The number of aromatic nitrogens is 2. The van der Waals surface area contributed by atoms with Crippen molar-refractivity contribution in [3.05, 3.63) is 82.0 Å². The first-order valence-electron chi connectivity index (χ1n) is 7.72. The zero-order valence-electron chi connectivity index (χ0n) is 13.4. The number of rotatable bonds is 5. The van der Waals surface area contributed by atoms with Crippen LogP contribution in [0.25, 0.3) is 0 Å². The summed E-state index contributed by atoms with van der Waals surface area (Å²) in [6.07, 6.45) is 2.05. The van der Waals surface area contributed by atoms with Gasteiger partial charge < -0.3 is 5.32 Å². The van der Waals surface area contributed by atoms with Crippen LogP contribution >= 0.6 is 15.9 Å². The Kier molecular flexibility index (Phi) is 5.11. The van der Waals surface area contributed by atoms with Crippen LogP contribution in [-0.4, -0.2) is 15.7 Å². The molecule has 0 radical (unpaired) electrons. The molecule has 1 amide bonds. The number of aryl methyl sites for hydroxylation is 1. The number of carbonyl (C=O) groups is 1. The van der Waals surface area contributed by atoms with Gasteiger partial charge in [-0.2, -0.15) is 5.10 Å². The summed E-state index contributed by atoms with van der Waals surface area (Å²) in [7, 11) is 0. The standard InChI is InChI=1S/C19H18BrN3O/c1-14-2-4-15(5-3-14)12-19(24)22-18-10-11-21-23(18)13-16-6-8-17(20)9-7-16/h2-11H,12-13H2,1H3,(H,22,24). The van der Waals surface area contributed by atoms with E-state index in [0.29, 0.717) is 18.8 Å². The third-order valence-corrected chi connectivity index (χ3v) is 4.24. The van der Waals surface area contributed by atoms with Gasteiger partial charge in [0.05, 0.1) is 19.2 Å². The topological polar surface area (TPSA) is 46.9 Å². The Balaban J connectivity index is 1.65. The van der Waals surface area contributed by atoms with E-state index in [1.54, 1.807) is 10.9 Å². The molecule has 0 unspecified atom stereocenters. The summed E-state index contributed by atoms with van der Waals surface area (Å²) in [5.74, 6) is 0.659. The van der Waals surface area contributed by atoms with Crippen LogP contribution in [0.15, 0.2) is 65.3 Å². The minimum absolute atomic E-state index is 0.0450. The second kappa shape index (κ2) is 7.45. The quantitative estimate of drug-likeness (QED) is 0.717. The number of nitrogens with zero attached hydrogens (tertiary/aromatic N) is 2. The molecule has 0 bridgehead atoms. The van der Waals surface area contributed by atoms with Crippen LogP contribution in [0.1, 0.15) is 16.7 Å². The number of anilines is 1. The van der Waals surface area contributed by atoms with Gasteiger partial charge in [-0.25, -0.2) is 4.68 Å². The molecule has 1 aromatic heterocycles. The van der Waals surface area contributed by atoms with Crippen molar-refractivity contribution in [1.29, 1.82) is 0 Å². The van der Waals surface area contributed by atoms with Gasteiger partial charge in [0.25, 0.3) is 0 Å². The van der Waals surface area contributed by atoms with E-state index in [0.717, 1.165) is 15.6 Å². The Bertz CT molecular complexity index is 823. The van der Waals surface area contributed by atoms with Gasteiger partial charge in [-0.05, 0) is 30.2 Å². The monoisotopic (exact) mass is 383 g/mol. The number of hydrogen-bond donors (Lipinski definition) is 1. The summed E-state index contributed by atoms with van der Waals surface area (Å²) in [6, 6.07) is 17.9. The van der Waals surface area contributed by atoms with Gasteiger partial charge in [0.2, 0.25) is 5.91 Å². The molecule has 0 aliphatic heterocycles. The maximum atomic E-state index is 12.3. The minimum Gasteiger partial charge on any atom is -0.311 e. The third-order valence-electron chi connectivity index (χ3n) is 3.71. The second-order valence-electron chi connectivity index (χ2n) is 5.71. The zero-order chi connectivity index (χ0) is 16.9. The smallest absolute Gasteiger partial charge is 0.229 e. The van der Waals surface area contributed by atoms with Crippen molar-refractivity contribution in [2.24, 2.45) is 0 Å². The van der Waals surface area contributed by atoms with Crippen molar-refractivity contribution in [2.45, 2.75) is 19.9 Å². The normalized spacial score (nSPS) is 10.6. The van der Waals surface area contributed by atoms with Crippen molar-refractivity contribution >= 4 is 27.7 Å². The first-order chi connectivity index (χ1) is 11.6. The van der Waals surface area contributed by atoms with Gasteiger partial charge in [-0.3, -0.25) is 4.79 Å². The highest BCUT2D eigenvalue weighted by Gasteiger charge is 2.09. The molecule has 1 N–H and O–H groups in total. The number of amides is 1. The average Bonchev–Trinajstić information content (AvgIpc) is 2.98. The van der Waals surface area contributed by atoms with Crippen LogP contribution in [0.3, 0.4) is 0 Å². The molecule has 0 aliphatic rings. The van der Waals surface area contributed by atoms with E-state index in [9.17, 15) is 4.79 Å². The lowest BCUT2D eigenvalue weighted by Gasteiger charge is -2.09. The number of hydrogen-bond acceptors (Lipinski definition) is 2. The fourth-order valence-corrected chi connectivity index (χ4v) is 2.67. The molecule has 5 heteroatoms. The molecule has 0 atom stereocenters. The van der Waals surface area contributed by atoms with Crippen LogP contribution < -0.4 is 5.32 Å². The van der Waals surface area contributed by atoms with Gasteiger partial charge in [0, 0.05) is 10.5 Å². The van der Waals surface area contributed by atoms with Gasteiger partial charge in [-0.15, -0.1) is 0 Å². The Morgan fingerprint density at radius 2 is 1.71 bits per heavy atom. The highest BCUT2D eigenvalue weighted by Crippen LogP contribution is 2.14. The van der Waals surface area contributed by atoms with Crippen molar-refractivity contribution in [1.82, 2.24) is 9.78 Å². The van der Waals surface area contributed by atoms with E-state index in [2.05, 4.69) is 26.3 Å². The summed E-state index contributed by atoms with van der Waals surface area (Å²) in [5, 5.41) is 7.23. The largest absolute Gasteiger partial charge is 0.311 e. The molecule has 0 fully saturated rings. The molecule has 24 heavy (non-hydrogen) atoms. The number of nitrogens with one attached hydrogen (secondary N) is 1. The third kappa shape index (κ3) is 4.32. The molecule has 3 rings (SSSR count). The first kappa shape index (κ1) is 16.5. The summed E-state index contributed by atoms with van der Waals surface area (Å²) in [5.41, 5.74) is 3.31. The molecule has 2 aromatic carbocycles. The Hall–Kier alpha value is -2.40. The van der Waals surface area contributed by atoms with Crippen molar-refractivity contribution in [3.8, 4) is 0 Å². The molecule has 3 aromatic rings. The first-order valence-corrected chi connectivity index (χ1v) is 8.51. The van der Waals surface area contributed by atoms with Gasteiger partial charge in [-0.1, -0.05) is 57.9 Å². The molecule has 122 valence electrons. The summed E-state index contributed by atoms with van der Waals surface area (Å²) in [4.78, 5) is 12.3. The van der Waals surface area contributed by atoms with E-state index in [-0.39, 0.29) is 5.91 Å². The van der Waals surface area contributed by atoms with E-state index >= 15 is 0 Å². The number of halogens is 1. The molecule has 0 spiro atoms. The molecule has 0 saturated carbocycles.